The Hall–Kier alpha value is -2.37. The molecule has 0 aromatic heterocycles. The molecule has 6 nitrogen and oxygen atoms in total. The Morgan fingerprint density at radius 3 is 2.33 bits per heavy atom. The van der Waals surface area contributed by atoms with Crippen LogP contribution in [-0.4, -0.2) is 34.5 Å². The summed E-state index contributed by atoms with van der Waals surface area (Å²) in [4.78, 5) is 35.6. The molecule has 0 radical (unpaired) electrons. The molecule has 1 aliphatic rings. The van der Waals surface area contributed by atoms with E-state index in [1.54, 1.807) is 19.1 Å². The molecule has 6 heteroatoms. The van der Waals surface area contributed by atoms with Crippen molar-refractivity contribution in [2.45, 2.75) is 32.2 Å². The second-order valence-electron chi connectivity index (χ2n) is 5.62. The highest BCUT2D eigenvalue weighted by molar-refractivity contribution is 6.08. The lowest BCUT2D eigenvalue weighted by atomic mass is 9.90. The number of carbonyl (C=O) groups excluding carboxylic acids is 2. The minimum absolute atomic E-state index is 0.365. The summed E-state index contributed by atoms with van der Waals surface area (Å²) >= 11 is 0. The first-order chi connectivity index (χ1) is 9.75. The van der Waals surface area contributed by atoms with Gasteiger partial charge in [-0.3, -0.25) is 14.5 Å². The van der Waals surface area contributed by atoms with E-state index in [-0.39, 0.29) is 0 Å². The minimum atomic E-state index is -1.22. The SMILES string of the molecule is CC(C)c1ccc([C@]2(C)NC(=O)N(CC(=O)O)C2=O)cc1. The van der Waals surface area contributed by atoms with E-state index in [4.69, 9.17) is 5.11 Å². The van der Waals surface area contributed by atoms with Gasteiger partial charge in [0.05, 0.1) is 0 Å². The molecule has 0 spiro atoms. The first kappa shape index (κ1) is 15.0. The standard InChI is InChI=1S/C15H18N2O4/c1-9(2)10-4-6-11(7-5-10)15(3)13(20)17(8-12(18)19)14(21)16-15/h4-7,9H,8H2,1-3H3,(H,16,21)(H,18,19)/t15-/m0/s1. The topological polar surface area (TPSA) is 86.7 Å². The van der Waals surface area contributed by atoms with E-state index < -0.39 is 30.0 Å². The van der Waals surface area contributed by atoms with Gasteiger partial charge < -0.3 is 10.4 Å². The number of benzene rings is 1. The monoisotopic (exact) mass is 290 g/mol. The molecule has 0 bridgehead atoms. The van der Waals surface area contributed by atoms with Gasteiger partial charge in [0.1, 0.15) is 12.1 Å². The molecule has 2 N–H and O–H groups in total. The fraction of sp³-hybridized carbons (Fsp3) is 0.400. The maximum atomic E-state index is 12.4. The summed E-state index contributed by atoms with van der Waals surface area (Å²) < 4.78 is 0. The van der Waals surface area contributed by atoms with Crippen LogP contribution >= 0.6 is 0 Å². The molecule has 1 atom stereocenters. The van der Waals surface area contributed by atoms with Gasteiger partial charge in [-0.2, -0.15) is 0 Å². The van der Waals surface area contributed by atoms with E-state index in [0.29, 0.717) is 11.5 Å². The van der Waals surface area contributed by atoms with Gasteiger partial charge in [0, 0.05) is 0 Å². The number of carbonyl (C=O) groups is 3. The predicted molar refractivity (Wildman–Crippen MR) is 75.8 cm³/mol. The number of hydrogen-bond donors (Lipinski definition) is 2. The summed E-state index contributed by atoms with van der Waals surface area (Å²) in [6.07, 6.45) is 0. The van der Waals surface area contributed by atoms with Gasteiger partial charge in [0.15, 0.2) is 0 Å². The molecule has 1 aliphatic heterocycles. The molecule has 1 heterocycles. The fourth-order valence-electron chi connectivity index (χ4n) is 2.37. The van der Waals surface area contributed by atoms with Crippen molar-refractivity contribution in [2.75, 3.05) is 6.54 Å². The van der Waals surface area contributed by atoms with Crippen LogP contribution in [0.15, 0.2) is 24.3 Å². The Morgan fingerprint density at radius 1 is 1.29 bits per heavy atom. The molecule has 0 saturated carbocycles. The predicted octanol–water partition coefficient (Wildman–Crippen LogP) is 1.66. The number of hydrogen-bond acceptors (Lipinski definition) is 3. The molecule has 112 valence electrons. The normalized spacial score (nSPS) is 21.8. The fourth-order valence-corrected chi connectivity index (χ4v) is 2.37. The summed E-state index contributed by atoms with van der Waals surface area (Å²) in [5.41, 5.74) is 0.543. The van der Waals surface area contributed by atoms with E-state index >= 15 is 0 Å². The van der Waals surface area contributed by atoms with Crippen molar-refractivity contribution in [1.82, 2.24) is 10.2 Å². The van der Waals surface area contributed by atoms with Crippen LogP contribution in [0.5, 0.6) is 0 Å². The molecular formula is C15H18N2O4. The number of aliphatic carboxylic acids is 1. The molecule has 1 aromatic rings. The Balaban J connectivity index is 2.32. The van der Waals surface area contributed by atoms with Crippen molar-refractivity contribution in [3.8, 4) is 0 Å². The van der Waals surface area contributed by atoms with Gasteiger partial charge >= 0.3 is 12.0 Å². The Bertz CT molecular complexity index is 594. The number of urea groups is 1. The molecule has 2 rings (SSSR count). The van der Waals surface area contributed by atoms with E-state index in [9.17, 15) is 14.4 Å². The van der Waals surface area contributed by atoms with Crippen molar-refractivity contribution in [3.63, 3.8) is 0 Å². The van der Waals surface area contributed by atoms with Gasteiger partial charge in [-0.1, -0.05) is 38.1 Å². The van der Waals surface area contributed by atoms with Crippen LogP contribution < -0.4 is 5.32 Å². The summed E-state index contributed by atoms with van der Waals surface area (Å²) in [6, 6.07) is 6.71. The lowest BCUT2D eigenvalue weighted by Gasteiger charge is -2.22. The molecule has 21 heavy (non-hydrogen) atoms. The van der Waals surface area contributed by atoms with Crippen LogP contribution in [0.2, 0.25) is 0 Å². The highest BCUT2D eigenvalue weighted by atomic mass is 16.4. The van der Waals surface area contributed by atoms with Crippen molar-refractivity contribution >= 4 is 17.9 Å². The van der Waals surface area contributed by atoms with Crippen molar-refractivity contribution in [1.29, 1.82) is 0 Å². The third-order valence-electron chi connectivity index (χ3n) is 3.72. The third-order valence-corrected chi connectivity index (χ3v) is 3.72. The molecule has 0 aliphatic carbocycles. The van der Waals surface area contributed by atoms with Crippen molar-refractivity contribution in [2.24, 2.45) is 0 Å². The van der Waals surface area contributed by atoms with E-state index in [1.165, 1.54) is 0 Å². The highest BCUT2D eigenvalue weighted by Gasteiger charge is 2.49. The Morgan fingerprint density at radius 2 is 1.86 bits per heavy atom. The zero-order valence-electron chi connectivity index (χ0n) is 12.2. The largest absolute Gasteiger partial charge is 0.480 e. The zero-order chi connectivity index (χ0) is 15.8. The summed E-state index contributed by atoms with van der Waals surface area (Å²) in [6.45, 7) is 5.07. The van der Waals surface area contributed by atoms with Gasteiger partial charge in [0.25, 0.3) is 5.91 Å². The number of carboxylic acid groups (broad SMARTS) is 1. The first-order valence-corrected chi connectivity index (χ1v) is 6.72. The first-order valence-electron chi connectivity index (χ1n) is 6.72. The second-order valence-corrected chi connectivity index (χ2v) is 5.62. The molecule has 1 fully saturated rings. The van der Waals surface area contributed by atoms with Crippen LogP contribution in [0.4, 0.5) is 4.79 Å². The van der Waals surface area contributed by atoms with Gasteiger partial charge in [-0.15, -0.1) is 0 Å². The summed E-state index contributed by atoms with van der Waals surface area (Å²) in [5.74, 6) is -1.41. The summed E-state index contributed by atoms with van der Waals surface area (Å²) in [7, 11) is 0. The molecule has 0 unspecified atom stereocenters. The van der Waals surface area contributed by atoms with Gasteiger partial charge in [-0.25, -0.2) is 4.79 Å². The van der Waals surface area contributed by atoms with Crippen LogP contribution in [0.3, 0.4) is 0 Å². The van der Waals surface area contributed by atoms with Crippen LogP contribution in [0, 0.1) is 0 Å². The van der Waals surface area contributed by atoms with Crippen molar-refractivity contribution in [3.05, 3.63) is 35.4 Å². The van der Waals surface area contributed by atoms with Crippen LogP contribution in [0.25, 0.3) is 0 Å². The number of imide groups is 1. The maximum Gasteiger partial charge on any atom is 0.325 e. The number of rotatable bonds is 4. The lowest BCUT2D eigenvalue weighted by molar-refractivity contribution is -0.142. The average Bonchev–Trinajstić information content (AvgIpc) is 2.63. The van der Waals surface area contributed by atoms with Crippen molar-refractivity contribution < 1.29 is 19.5 Å². The average molecular weight is 290 g/mol. The van der Waals surface area contributed by atoms with Crippen LogP contribution in [0.1, 0.15) is 37.8 Å². The maximum absolute atomic E-state index is 12.4. The van der Waals surface area contributed by atoms with E-state index in [1.807, 2.05) is 12.1 Å². The second kappa shape index (κ2) is 5.20. The van der Waals surface area contributed by atoms with Crippen LogP contribution in [-0.2, 0) is 15.1 Å². The molecule has 3 amide bonds. The number of nitrogens with zero attached hydrogens (tertiary/aromatic N) is 1. The molecular weight excluding hydrogens is 272 g/mol. The molecule has 1 aromatic carbocycles. The summed E-state index contributed by atoms with van der Waals surface area (Å²) in [5, 5.41) is 11.3. The number of carboxylic acids is 1. The Labute approximate surface area is 122 Å². The zero-order valence-corrected chi connectivity index (χ0v) is 12.2. The number of nitrogens with one attached hydrogen (secondary N) is 1. The minimum Gasteiger partial charge on any atom is -0.480 e. The molecule has 1 saturated heterocycles. The Kier molecular flexibility index (Phi) is 3.72. The highest BCUT2D eigenvalue weighted by Crippen LogP contribution is 2.29. The van der Waals surface area contributed by atoms with Gasteiger partial charge in [-0.05, 0) is 24.0 Å². The van der Waals surface area contributed by atoms with Gasteiger partial charge in [0.2, 0.25) is 0 Å². The lowest BCUT2D eigenvalue weighted by Crippen LogP contribution is -2.41. The third kappa shape index (κ3) is 2.61. The van der Waals surface area contributed by atoms with E-state index in [0.717, 1.165) is 10.5 Å². The smallest absolute Gasteiger partial charge is 0.325 e. The number of amides is 3. The quantitative estimate of drug-likeness (QED) is 0.826. The van der Waals surface area contributed by atoms with E-state index in [2.05, 4.69) is 19.2 Å².